The van der Waals surface area contributed by atoms with Gasteiger partial charge in [-0.2, -0.15) is 16.8 Å². The molecule has 0 fully saturated rings. The molecule has 0 heterocycles. The van der Waals surface area contributed by atoms with Gasteiger partial charge in [0.05, 0.1) is 14.2 Å². The molecule has 0 unspecified atom stereocenters. The van der Waals surface area contributed by atoms with Crippen LogP contribution in [0.1, 0.15) is 62.5 Å². The summed E-state index contributed by atoms with van der Waals surface area (Å²) in [5, 5.41) is 29.2. The molecule has 0 saturated heterocycles. The number of aliphatic carboxylic acids is 1. The first kappa shape index (κ1) is 34.8. The fourth-order valence-electron chi connectivity index (χ4n) is 2.99. The number of aromatic hydroxyl groups is 2. The van der Waals surface area contributed by atoms with Gasteiger partial charge in [0.2, 0.25) is 11.5 Å². The van der Waals surface area contributed by atoms with Crippen molar-refractivity contribution in [3.8, 4) is 23.0 Å². The molecule has 1 aromatic rings. The van der Waals surface area contributed by atoms with Crippen LogP contribution in [-0.2, 0) is 32.0 Å². The molecule has 0 atom stereocenters. The summed E-state index contributed by atoms with van der Waals surface area (Å²) in [6.07, 6.45) is 7.74. The van der Waals surface area contributed by atoms with Crippen LogP contribution in [0.5, 0.6) is 23.0 Å². The third-order valence-electron chi connectivity index (χ3n) is 4.46. The number of phenolic OH excluding ortho intramolecular Hbond substituents is 2. The maximum absolute atomic E-state index is 10.4. The number of ether oxygens (including phenoxy) is 2. The highest BCUT2D eigenvalue weighted by Gasteiger charge is 2.22. The molecule has 0 aliphatic rings. The Bertz CT molecular complexity index is 942. The Morgan fingerprint density at radius 3 is 1.43 bits per heavy atom. The minimum absolute atomic E-state index is 0.00517. The zero-order valence-corrected chi connectivity index (χ0v) is 21.3. The summed E-state index contributed by atoms with van der Waals surface area (Å²) in [6.45, 7) is 1.76. The molecule has 206 valence electrons. The molecule has 7 N–H and O–H groups in total. The SMILES string of the molecule is COc1c(O)c(C)c(CCCCCCCCCC(=O)O)c(O)c1OC.O=S(=O)(O)O.O=S(=O)(O)O. The lowest BCUT2D eigenvalue weighted by molar-refractivity contribution is -0.137. The third kappa shape index (κ3) is 19.6. The maximum atomic E-state index is 10.4. The second kappa shape index (κ2) is 17.1. The average Bonchev–Trinajstić information content (AvgIpc) is 2.68. The van der Waals surface area contributed by atoms with E-state index in [1.807, 2.05) is 0 Å². The highest BCUT2D eigenvalue weighted by atomic mass is 32.3. The molecule has 16 heteroatoms. The molecule has 14 nitrogen and oxygen atoms in total. The van der Waals surface area contributed by atoms with E-state index in [4.69, 9.17) is 49.6 Å². The van der Waals surface area contributed by atoms with Gasteiger partial charge in [-0.05, 0) is 26.2 Å². The highest BCUT2D eigenvalue weighted by Crippen LogP contribution is 2.48. The van der Waals surface area contributed by atoms with E-state index in [1.165, 1.54) is 14.2 Å². The quantitative estimate of drug-likeness (QED) is 0.112. The molecule has 1 rings (SSSR count). The van der Waals surface area contributed by atoms with Gasteiger partial charge >= 0.3 is 26.8 Å². The molecule has 35 heavy (non-hydrogen) atoms. The van der Waals surface area contributed by atoms with E-state index in [2.05, 4.69) is 0 Å². The Morgan fingerprint density at radius 1 is 0.714 bits per heavy atom. The monoisotopic (exact) mass is 550 g/mol. The van der Waals surface area contributed by atoms with Crippen molar-refractivity contribution in [2.75, 3.05) is 14.2 Å². The van der Waals surface area contributed by atoms with E-state index < -0.39 is 26.8 Å². The van der Waals surface area contributed by atoms with E-state index in [1.54, 1.807) is 6.92 Å². The van der Waals surface area contributed by atoms with E-state index in [0.717, 1.165) is 44.9 Å². The number of phenols is 2. The normalized spacial score (nSPS) is 10.9. The van der Waals surface area contributed by atoms with Crippen LogP contribution < -0.4 is 9.47 Å². The van der Waals surface area contributed by atoms with Gasteiger partial charge in [0.25, 0.3) is 0 Å². The number of methoxy groups -OCH3 is 2. The van der Waals surface area contributed by atoms with Crippen LogP contribution in [0.4, 0.5) is 0 Å². The van der Waals surface area contributed by atoms with Gasteiger partial charge in [0.1, 0.15) is 0 Å². The Balaban J connectivity index is 0. The number of carboxylic acids is 1. The smallest absolute Gasteiger partial charge is 0.394 e. The molecule has 0 aliphatic carbocycles. The summed E-state index contributed by atoms with van der Waals surface area (Å²) in [5.41, 5.74) is 1.31. The average molecular weight is 551 g/mol. The molecule has 0 aliphatic heterocycles. The van der Waals surface area contributed by atoms with Gasteiger partial charge in [-0.25, -0.2) is 0 Å². The van der Waals surface area contributed by atoms with E-state index >= 15 is 0 Å². The first-order valence-corrected chi connectivity index (χ1v) is 13.0. The maximum Gasteiger partial charge on any atom is 0.394 e. The second-order valence-electron chi connectivity index (χ2n) is 7.13. The molecule has 0 amide bonds. The molecule has 0 bridgehead atoms. The van der Waals surface area contributed by atoms with Crippen LogP contribution in [0.2, 0.25) is 0 Å². The van der Waals surface area contributed by atoms with E-state index in [-0.39, 0.29) is 29.4 Å². The molecule has 0 radical (unpaired) electrons. The van der Waals surface area contributed by atoms with Crippen molar-refractivity contribution >= 4 is 26.8 Å². The van der Waals surface area contributed by atoms with Crippen molar-refractivity contribution in [3.63, 3.8) is 0 Å². The first-order valence-electron chi connectivity index (χ1n) is 10.2. The zero-order chi connectivity index (χ0) is 27.8. The predicted octanol–water partition coefficient (Wildman–Crippen LogP) is 2.87. The van der Waals surface area contributed by atoms with Gasteiger partial charge < -0.3 is 24.8 Å². The fraction of sp³-hybridized carbons (Fsp3) is 0.632. The fourth-order valence-corrected chi connectivity index (χ4v) is 2.99. The van der Waals surface area contributed by atoms with Crippen molar-refractivity contribution in [1.29, 1.82) is 0 Å². The summed E-state index contributed by atoms with van der Waals surface area (Å²) in [6, 6.07) is 0. The summed E-state index contributed by atoms with van der Waals surface area (Å²) < 4.78 is 73.4. The van der Waals surface area contributed by atoms with E-state index in [0.29, 0.717) is 17.5 Å². The summed E-state index contributed by atoms with van der Waals surface area (Å²) in [4.78, 5) is 10.4. The van der Waals surface area contributed by atoms with Crippen molar-refractivity contribution in [2.45, 2.75) is 64.7 Å². The van der Waals surface area contributed by atoms with Crippen LogP contribution in [0.15, 0.2) is 0 Å². The van der Waals surface area contributed by atoms with Crippen molar-refractivity contribution < 1.29 is 64.6 Å². The number of hydrogen-bond donors (Lipinski definition) is 7. The lowest BCUT2D eigenvalue weighted by atomic mass is 9.98. The highest BCUT2D eigenvalue weighted by molar-refractivity contribution is 7.80. The van der Waals surface area contributed by atoms with Crippen molar-refractivity contribution in [2.24, 2.45) is 0 Å². The van der Waals surface area contributed by atoms with Gasteiger partial charge in [-0.3, -0.25) is 23.0 Å². The van der Waals surface area contributed by atoms with Crippen LogP contribution in [0.3, 0.4) is 0 Å². The second-order valence-corrected chi connectivity index (χ2v) is 8.92. The van der Waals surface area contributed by atoms with Crippen LogP contribution in [-0.4, -0.2) is 70.6 Å². The molecule has 1 aromatic carbocycles. The topological polar surface area (TPSA) is 245 Å². The van der Waals surface area contributed by atoms with Crippen molar-refractivity contribution in [1.82, 2.24) is 0 Å². The van der Waals surface area contributed by atoms with Crippen molar-refractivity contribution in [3.05, 3.63) is 11.1 Å². The van der Waals surface area contributed by atoms with Crippen LogP contribution in [0.25, 0.3) is 0 Å². The zero-order valence-electron chi connectivity index (χ0n) is 19.7. The standard InChI is InChI=1S/C19H30O6.2H2O4S/c1-13-14(17(23)19(25-3)18(24-2)16(13)22)11-9-7-5-4-6-8-10-12-15(20)21;2*1-5(2,3)4/h22-23H,4-12H2,1-3H3,(H,20,21);2*(H2,1,2,3,4). The Labute approximate surface area is 204 Å². The summed E-state index contributed by atoms with van der Waals surface area (Å²) in [5.74, 6) is -0.371. The minimum atomic E-state index is -4.67. The number of carboxylic acid groups (broad SMARTS) is 1. The lowest BCUT2D eigenvalue weighted by Crippen LogP contribution is -1.99. The molecule has 0 saturated carbocycles. The number of benzene rings is 1. The molecular weight excluding hydrogens is 516 g/mol. The Hall–Kier alpha value is -2.37. The van der Waals surface area contributed by atoms with Gasteiger partial charge in [0, 0.05) is 17.5 Å². The predicted molar refractivity (Wildman–Crippen MR) is 124 cm³/mol. The Morgan fingerprint density at radius 2 is 1.06 bits per heavy atom. The molecule has 0 spiro atoms. The summed E-state index contributed by atoms with van der Waals surface area (Å²) in [7, 11) is -6.48. The van der Waals surface area contributed by atoms with Gasteiger partial charge in [0.15, 0.2) is 11.5 Å². The first-order chi connectivity index (χ1) is 15.9. The third-order valence-corrected chi connectivity index (χ3v) is 4.46. The van der Waals surface area contributed by atoms with Gasteiger partial charge in [-0.1, -0.05) is 32.1 Å². The molecular formula is C19H34O14S2. The van der Waals surface area contributed by atoms with Crippen LogP contribution >= 0.6 is 0 Å². The number of rotatable bonds is 12. The number of hydrogen-bond acceptors (Lipinski definition) is 9. The number of carbonyl (C=O) groups is 1. The minimum Gasteiger partial charge on any atom is -0.504 e. The largest absolute Gasteiger partial charge is 0.504 e. The van der Waals surface area contributed by atoms with Crippen LogP contribution in [0, 0.1) is 6.92 Å². The van der Waals surface area contributed by atoms with E-state index in [9.17, 15) is 15.0 Å². The lowest BCUT2D eigenvalue weighted by Gasteiger charge is -2.17. The summed E-state index contributed by atoms with van der Waals surface area (Å²) >= 11 is 0. The molecule has 0 aromatic heterocycles. The van der Waals surface area contributed by atoms with Gasteiger partial charge in [-0.15, -0.1) is 0 Å². The Kier molecular flexibility index (Phi) is 17.0. The number of unbranched alkanes of at least 4 members (excludes halogenated alkanes) is 6.